The van der Waals surface area contributed by atoms with Crippen molar-refractivity contribution in [1.29, 1.82) is 0 Å². The lowest BCUT2D eigenvalue weighted by Gasteiger charge is -2.06. The molecule has 0 aliphatic rings. The number of carboxylic acids is 1. The second-order valence-electron chi connectivity index (χ2n) is 3.52. The molecule has 0 unspecified atom stereocenters. The van der Waals surface area contributed by atoms with Gasteiger partial charge >= 0.3 is 5.97 Å². The number of ether oxygens (including phenoxy) is 1. The summed E-state index contributed by atoms with van der Waals surface area (Å²) in [7, 11) is 3.17. The van der Waals surface area contributed by atoms with E-state index in [1.807, 2.05) is 29.6 Å². The van der Waals surface area contributed by atoms with Crippen LogP contribution in [0.15, 0.2) is 29.6 Å². The molecular weight excluding hydrogens is 288 g/mol. The van der Waals surface area contributed by atoms with Crippen molar-refractivity contribution in [2.24, 2.45) is 0 Å². The standard InChI is InChI=1S/C12H10O3S3/c13-11(14)4-5-15-9-3-1-2-8(6-9)10-7-17-18-12(10)16/h1-3,6-7H,4-5H2,(H,13,14). The Hall–Kier alpha value is -1.24. The van der Waals surface area contributed by atoms with Crippen molar-refractivity contribution in [3.63, 3.8) is 0 Å². The van der Waals surface area contributed by atoms with Gasteiger partial charge in [0.2, 0.25) is 0 Å². The fourth-order valence-electron chi connectivity index (χ4n) is 1.40. The molecule has 94 valence electrons. The zero-order valence-corrected chi connectivity index (χ0v) is 11.7. The predicted octanol–water partition coefficient (Wildman–Crippen LogP) is 4.06. The fourth-order valence-corrected chi connectivity index (χ4v) is 3.80. The molecule has 0 aliphatic carbocycles. The van der Waals surface area contributed by atoms with Gasteiger partial charge in [0.25, 0.3) is 0 Å². The molecule has 0 aliphatic heterocycles. The number of hydrogen-bond acceptors (Lipinski definition) is 5. The minimum atomic E-state index is -0.862. The molecule has 0 radical (unpaired) electrons. The molecule has 6 heteroatoms. The van der Waals surface area contributed by atoms with Gasteiger partial charge in [0.1, 0.15) is 9.57 Å². The Morgan fingerprint density at radius 3 is 2.94 bits per heavy atom. The quantitative estimate of drug-likeness (QED) is 0.668. The highest BCUT2D eigenvalue weighted by Crippen LogP contribution is 2.30. The minimum absolute atomic E-state index is 0.00294. The summed E-state index contributed by atoms with van der Waals surface area (Å²) in [4.78, 5) is 10.4. The fraction of sp³-hybridized carbons (Fsp3) is 0.167. The summed E-state index contributed by atoms with van der Waals surface area (Å²) in [6.45, 7) is 0.172. The normalized spacial score (nSPS) is 10.2. The van der Waals surface area contributed by atoms with E-state index in [1.165, 1.54) is 0 Å². The van der Waals surface area contributed by atoms with Crippen LogP contribution in [0.4, 0.5) is 0 Å². The average molecular weight is 298 g/mol. The number of benzene rings is 1. The van der Waals surface area contributed by atoms with E-state index in [0.717, 1.165) is 15.0 Å². The van der Waals surface area contributed by atoms with Gasteiger partial charge < -0.3 is 9.84 Å². The molecule has 1 aromatic heterocycles. The summed E-state index contributed by atoms with van der Waals surface area (Å²) in [6, 6.07) is 7.54. The van der Waals surface area contributed by atoms with E-state index in [-0.39, 0.29) is 13.0 Å². The summed E-state index contributed by atoms with van der Waals surface area (Å²) in [5, 5.41) is 10.6. The third-order valence-electron chi connectivity index (χ3n) is 2.24. The molecule has 1 heterocycles. The summed E-state index contributed by atoms with van der Waals surface area (Å²) >= 11 is 5.24. The first-order chi connectivity index (χ1) is 8.66. The number of rotatable bonds is 5. The first-order valence-electron chi connectivity index (χ1n) is 5.19. The molecule has 1 N–H and O–H groups in total. The Kier molecular flexibility index (Phi) is 4.46. The van der Waals surface area contributed by atoms with Crippen molar-refractivity contribution in [3.05, 3.63) is 33.5 Å². The Labute approximate surface area is 117 Å². The van der Waals surface area contributed by atoms with Crippen molar-refractivity contribution in [2.45, 2.75) is 6.42 Å². The van der Waals surface area contributed by atoms with Crippen molar-refractivity contribution in [1.82, 2.24) is 0 Å². The highest BCUT2D eigenvalue weighted by atomic mass is 32.9. The molecular formula is C12H10O3S3. The number of carboxylic acid groups (broad SMARTS) is 1. The average Bonchev–Trinajstić information content (AvgIpc) is 2.75. The lowest BCUT2D eigenvalue weighted by molar-refractivity contribution is -0.137. The van der Waals surface area contributed by atoms with Gasteiger partial charge in [-0.25, -0.2) is 0 Å². The van der Waals surface area contributed by atoms with Gasteiger partial charge in [0.05, 0.1) is 13.0 Å². The topological polar surface area (TPSA) is 46.5 Å². The van der Waals surface area contributed by atoms with E-state index in [1.54, 1.807) is 20.7 Å². The van der Waals surface area contributed by atoms with Crippen LogP contribution >= 0.6 is 32.9 Å². The molecule has 0 saturated carbocycles. The maximum atomic E-state index is 10.4. The van der Waals surface area contributed by atoms with Gasteiger partial charge in [0, 0.05) is 10.9 Å². The monoisotopic (exact) mass is 298 g/mol. The zero-order valence-electron chi connectivity index (χ0n) is 9.29. The maximum Gasteiger partial charge on any atom is 0.306 e. The second kappa shape index (κ2) is 6.08. The lowest BCUT2D eigenvalue weighted by atomic mass is 10.1. The van der Waals surface area contributed by atoms with Crippen LogP contribution in [0.2, 0.25) is 0 Å². The molecule has 0 amide bonds. The van der Waals surface area contributed by atoms with Gasteiger partial charge in [-0.15, -0.1) is 0 Å². The van der Waals surface area contributed by atoms with Crippen molar-refractivity contribution in [3.8, 4) is 16.9 Å². The van der Waals surface area contributed by atoms with E-state index in [2.05, 4.69) is 0 Å². The molecule has 0 fully saturated rings. The molecule has 2 aromatic rings. The van der Waals surface area contributed by atoms with E-state index in [9.17, 15) is 4.79 Å². The van der Waals surface area contributed by atoms with Crippen LogP contribution in [-0.2, 0) is 4.79 Å². The van der Waals surface area contributed by atoms with Crippen LogP contribution < -0.4 is 4.74 Å². The van der Waals surface area contributed by atoms with Crippen LogP contribution in [0.25, 0.3) is 11.1 Å². The zero-order chi connectivity index (χ0) is 13.0. The molecule has 18 heavy (non-hydrogen) atoms. The SMILES string of the molecule is O=C(O)CCOc1cccc(-c2cssc2=S)c1. The van der Waals surface area contributed by atoms with Crippen molar-refractivity contribution < 1.29 is 14.6 Å². The number of carbonyl (C=O) groups is 1. The predicted molar refractivity (Wildman–Crippen MR) is 76.2 cm³/mol. The highest BCUT2D eigenvalue weighted by molar-refractivity contribution is 7.79. The molecule has 0 bridgehead atoms. The molecule has 2 rings (SSSR count). The van der Waals surface area contributed by atoms with Gasteiger partial charge in [-0.2, -0.15) is 0 Å². The third kappa shape index (κ3) is 3.38. The van der Waals surface area contributed by atoms with Gasteiger partial charge in [0.15, 0.2) is 0 Å². The van der Waals surface area contributed by atoms with Gasteiger partial charge in [-0.1, -0.05) is 45.0 Å². The van der Waals surface area contributed by atoms with Crippen LogP contribution in [0.5, 0.6) is 5.75 Å². The summed E-state index contributed by atoms with van der Waals surface area (Å²) in [6.07, 6.45) is -0.00294. The molecule has 3 nitrogen and oxygen atoms in total. The number of hydrogen-bond donors (Lipinski definition) is 1. The van der Waals surface area contributed by atoms with Crippen molar-refractivity contribution in [2.75, 3.05) is 6.61 Å². The molecule has 0 saturated heterocycles. The summed E-state index contributed by atoms with van der Waals surface area (Å²) in [5.74, 6) is -0.196. The van der Waals surface area contributed by atoms with Gasteiger partial charge in [-0.05, 0) is 17.7 Å². The van der Waals surface area contributed by atoms with E-state index >= 15 is 0 Å². The summed E-state index contributed by atoms with van der Waals surface area (Å²) in [5.41, 5.74) is 2.04. The highest BCUT2D eigenvalue weighted by Gasteiger charge is 2.04. The van der Waals surface area contributed by atoms with E-state index < -0.39 is 5.97 Å². The first-order valence-corrected chi connectivity index (χ1v) is 7.82. The second-order valence-corrected chi connectivity index (χ2v) is 6.27. The van der Waals surface area contributed by atoms with E-state index in [0.29, 0.717) is 5.75 Å². The van der Waals surface area contributed by atoms with Crippen LogP contribution in [0.3, 0.4) is 0 Å². The first kappa shape index (κ1) is 13.2. The Bertz CT molecular complexity index is 600. The molecule has 1 aromatic carbocycles. The Morgan fingerprint density at radius 2 is 2.28 bits per heavy atom. The number of aliphatic carboxylic acids is 1. The van der Waals surface area contributed by atoms with E-state index in [4.69, 9.17) is 22.1 Å². The van der Waals surface area contributed by atoms with Gasteiger partial charge in [-0.3, -0.25) is 4.79 Å². The van der Waals surface area contributed by atoms with Crippen LogP contribution in [0, 0.1) is 3.82 Å². The Morgan fingerprint density at radius 1 is 1.44 bits per heavy atom. The lowest BCUT2D eigenvalue weighted by Crippen LogP contribution is -2.04. The molecule has 0 atom stereocenters. The smallest absolute Gasteiger partial charge is 0.306 e. The van der Waals surface area contributed by atoms with Crippen LogP contribution in [0.1, 0.15) is 6.42 Å². The third-order valence-corrected chi connectivity index (χ3v) is 4.90. The minimum Gasteiger partial charge on any atom is -0.493 e. The van der Waals surface area contributed by atoms with Crippen LogP contribution in [-0.4, -0.2) is 17.7 Å². The molecule has 0 spiro atoms. The Balaban J connectivity index is 2.13. The van der Waals surface area contributed by atoms with Crippen molar-refractivity contribution >= 4 is 38.9 Å². The largest absolute Gasteiger partial charge is 0.493 e. The summed E-state index contributed by atoms with van der Waals surface area (Å²) < 4.78 is 6.25. The maximum absolute atomic E-state index is 10.4.